The zero-order chi connectivity index (χ0) is 18.5. The highest BCUT2D eigenvalue weighted by atomic mass is 35.5. The van der Waals surface area contributed by atoms with E-state index in [0.29, 0.717) is 21.7 Å². The molecule has 5 nitrogen and oxygen atoms in total. The number of likely N-dealkylation sites (N-methyl/N-ethyl adjacent to an activating group) is 1. The maximum atomic E-state index is 6.23. The highest BCUT2D eigenvalue weighted by Gasteiger charge is 2.09. The molecule has 0 aliphatic heterocycles. The van der Waals surface area contributed by atoms with Gasteiger partial charge >= 0.3 is 0 Å². The van der Waals surface area contributed by atoms with Gasteiger partial charge in [-0.05, 0) is 49.2 Å². The van der Waals surface area contributed by atoms with Crippen LogP contribution in [0.2, 0.25) is 10.0 Å². The van der Waals surface area contributed by atoms with E-state index in [-0.39, 0.29) is 0 Å². The molecule has 0 saturated carbocycles. The maximum Gasteiger partial charge on any atom is 0.136 e. The maximum absolute atomic E-state index is 6.23. The summed E-state index contributed by atoms with van der Waals surface area (Å²) in [5, 5.41) is 4.37. The highest BCUT2D eigenvalue weighted by molar-refractivity contribution is 6.36. The molecule has 0 saturated heterocycles. The molecule has 0 unspecified atom stereocenters. The number of benzene rings is 1. The van der Waals surface area contributed by atoms with E-state index < -0.39 is 0 Å². The van der Waals surface area contributed by atoms with Crippen molar-refractivity contribution in [2.45, 2.75) is 13.3 Å². The van der Waals surface area contributed by atoms with E-state index in [0.717, 1.165) is 24.5 Å². The number of halogens is 2. The fraction of sp³-hybridized carbons (Fsp3) is 0.211. The first-order valence-electron chi connectivity index (χ1n) is 8.19. The second-order valence-corrected chi connectivity index (χ2v) is 6.78. The summed E-state index contributed by atoms with van der Waals surface area (Å²) >= 11 is 12.2. The second kappa shape index (κ2) is 8.34. The summed E-state index contributed by atoms with van der Waals surface area (Å²) in [6.07, 6.45) is 4.53. The number of pyridine rings is 1. The summed E-state index contributed by atoms with van der Waals surface area (Å²) in [4.78, 5) is 15.1. The van der Waals surface area contributed by atoms with Gasteiger partial charge in [-0.25, -0.2) is 9.97 Å². The fourth-order valence-electron chi connectivity index (χ4n) is 2.50. The predicted octanol–water partition coefficient (Wildman–Crippen LogP) is 4.91. The zero-order valence-corrected chi connectivity index (χ0v) is 16.1. The Morgan fingerprint density at radius 3 is 2.54 bits per heavy atom. The van der Waals surface area contributed by atoms with Crippen molar-refractivity contribution in [3.05, 3.63) is 70.2 Å². The van der Waals surface area contributed by atoms with Crippen molar-refractivity contribution >= 4 is 40.5 Å². The van der Waals surface area contributed by atoms with Crippen LogP contribution in [-0.4, -0.2) is 28.5 Å². The molecule has 3 rings (SSSR count). The van der Waals surface area contributed by atoms with Gasteiger partial charge in [0.15, 0.2) is 0 Å². The van der Waals surface area contributed by atoms with Crippen LogP contribution in [0.3, 0.4) is 0 Å². The van der Waals surface area contributed by atoms with Gasteiger partial charge in [0.25, 0.3) is 0 Å². The largest absolute Gasteiger partial charge is 0.359 e. The van der Waals surface area contributed by atoms with Gasteiger partial charge in [-0.3, -0.25) is 4.98 Å². The molecule has 0 bridgehead atoms. The molecule has 26 heavy (non-hydrogen) atoms. The van der Waals surface area contributed by atoms with Crippen LogP contribution in [0.15, 0.2) is 48.8 Å². The minimum Gasteiger partial charge on any atom is -0.359 e. The molecular weight excluding hydrogens is 369 g/mol. The van der Waals surface area contributed by atoms with Gasteiger partial charge in [-0.1, -0.05) is 23.2 Å². The predicted molar refractivity (Wildman–Crippen MR) is 108 cm³/mol. The number of hydrogen-bond acceptors (Lipinski definition) is 5. The van der Waals surface area contributed by atoms with E-state index in [2.05, 4.69) is 25.2 Å². The summed E-state index contributed by atoms with van der Waals surface area (Å²) < 4.78 is 0. The van der Waals surface area contributed by atoms with E-state index in [1.165, 1.54) is 5.56 Å². The average Bonchev–Trinajstić information content (AvgIpc) is 2.62. The molecule has 0 amide bonds. The Hall–Kier alpha value is -2.37. The van der Waals surface area contributed by atoms with Gasteiger partial charge in [0.05, 0.1) is 10.7 Å². The highest BCUT2D eigenvalue weighted by Crippen LogP contribution is 2.28. The summed E-state index contributed by atoms with van der Waals surface area (Å²) in [6, 6.07) is 11.3. The summed E-state index contributed by atoms with van der Waals surface area (Å²) in [5.74, 6) is 2.22. The lowest BCUT2D eigenvalue weighted by atomic mass is 10.2. The third-order valence-corrected chi connectivity index (χ3v) is 4.44. The Morgan fingerprint density at radius 1 is 1.04 bits per heavy atom. The normalized spacial score (nSPS) is 10.6. The monoisotopic (exact) mass is 387 g/mol. The summed E-state index contributed by atoms with van der Waals surface area (Å²) in [6.45, 7) is 2.70. The molecule has 0 fully saturated rings. The van der Waals surface area contributed by atoms with Crippen LogP contribution in [0, 0.1) is 6.92 Å². The van der Waals surface area contributed by atoms with Crippen molar-refractivity contribution in [2.24, 2.45) is 0 Å². The first-order chi connectivity index (χ1) is 12.5. The van der Waals surface area contributed by atoms with E-state index in [1.807, 2.05) is 50.6 Å². The third-order valence-electron chi connectivity index (χ3n) is 3.89. The third kappa shape index (κ3) is 4.84. The van der Waals surface area contributed by atoms with Gasteiger partial charge in [0.2, 0.25) is 0 Å². The van der Waals surface area contributed by atoms with E-state index in [9.17, 15) is 0 Å². The van der Waals surface area contributed by atoms with Crippen LogP contribution in [0.1, 0.15) is 11.4 Å². The molecule has 0 radical (unpaired) electrons. The lowest BCUT2D eigenvalue weighted by Gasteiger charge is -2.19. The Kier molecular flexibility index (Phi) is 5.91. The number of nitrogens with one attached hydrogen (secondary N) is 1. The number of anilines is 3. The van der Waals surface area contributed by atoms with Gasteiger partial charge in [-0.15, -0.1) is 0 Å². The Labute approximate surface area is 163 Å². The molecule has 1 aromatic carbocycles. The Bertz CT molecular complexity index is 886. The van der Waals surface area contributed by atoms with E-state index >= 15 is 0 Å². The molecule has 0 spiro atoms. The topological polar surface area (TPSA) is 53.9 Å². The van der Waals surface area contributed by atoms with Crippen molar-refractivity contribution < 1.29 is 0 Å². The molecule has 1 N–H and O–H groups in total. The molecular formula is C19H19Cl2N5. The van der Waals surface area contributed by atoms with Gasteiger partial charge < -0.3 is 10.2 Å². The standard InChI is InChI=1S/C19H19Cl2N5/c1-13-23-18(25-17-4-3-15(20)11-16(17)21)12-19(24-13)26(2)10-7-14-5-8-22-9-6-14/h3-6,8-9,11-12H,7,10H2,1-2H3,(H,23,24,25). The molecule has 134 valence electrons. The molecule has 0 aliphatic rings. The molecule has 2 aromatic heterocycles. The number of aryl methyl sites for hydroxylation is 1. The zero-order valence-electron chi connectivity index (χ0n) is 14.6. The van der Waals surface area contributed by atoms with Crippen LogP contribution < -0.4 is 10.2 Å². The van der Waals surface area contributed by atoms with Crippen molar-refractivity contribution in [3.8, 4) is 0 Å². The van der Waals surface area contributed by atoms with Crippen molar-refractivity contribution in [3.63, 3.8) is 0 Å². The first kappa shape index (κ1) is 18.4. The van der Waals surface area contributed by atoms with Crippen molar-refractivity contribution in [1.82, 2.24) is 15.0 Å². The van der Waals surface area contributed by atoms with Gasteiger partial charge in [0.1, 0.15) is 17.5 Å². The Balaban J connectivity index is 1.74. The Morgan fingerprint density at radius 2 is 1.81 bits per heavy atom. The van der Waals surface area contributed by atoms with Crippen LogP contribution in [0.5, 0.6) is 0 Å². The summed E-state index contributed by atoms with van der Waals surface area (Å²) in [5.41, 5.74) is 1.99. The summed E-state index contributed by atoms with van der Waals surface area (Å²) in [7, 11) is 2.02. The number of nitrogens with zero attached hydrogens (tertiary/aromatic N) is 4. The van der Waals surface area contributed by atoms with Crippen LogP contribution >= 0.6 is 23.2 Å². The van der Waals surface area contributed by atoms with Crippen LogP contribution in [0.25, 0.3) is 0 Å². The van der Waals surface area contributed by atoms with Crippen molar-refractivity contribution in [1.29, 1.82) is 0 Å². The first-order valence-corrected chi connectivity index (χ1v) is 8.94. The molecule has 2 heterocycles. The minimum atomic E-state index is 0.543. The SMILES string of the molecule is Cc1nc(Nc2ccc(Cl)cc2Cl)cc(N(C)CCc2ccncc2)n1. The van der Waals surface area contributed by atoms with E-state index in [4.69, 9.17) is 23.2 Å². The van der Waals surface area contributed by atoms with E-state index in [1.54, 1.807) is 12.1 Å². The molecule has 7 heteroatoms. The molecule has 3 aromatic rings. The lowest BCUT2D eigenvalue weighted by molar-refractivity contribution is 0.848. The number of aromatic nitrogens is 3. The van der Waals surface area contributed by atoms with Gasteiger partial charge in [0, 0.05) is 37.1 Å². The number of hydrogen-bond donors (Lipinski definition) is 1. The molecule has 0 atom stereocenters. The van der Waals surface area contributed by atoms with Crippen LogP contribution in [-0.2, 0) is 6.42 Å². The van der Waals surface area contributed by atoms with Crippen LogP contribution in [0.4, 0.5) is 17.3 Å². The second-order valence-electron chi connectivity index (χ2n) is 5.93. The quantitative estimate of drug-likeness (QED) is 0.650. The molecule has 0 aliphatic carbocycles. The van der Waals surface area contributed by atoms with Gasteiger partial charge in [-0.2, -0.15) is 0 Å². The smallest absolute Gasteiger partial charge is 0.136 e. The van der Waals surface area contributed by atoms with Crippen molar-refractivity contribution in [2.75, 3.05) is 23.8 Å². The fourth-order valence-corrected chi connectivity index (χ4v) is 2.96. The minimum absolute atomic E-state index is 0.543. The number of rotatable bonds is 6. The average molecular weight is 388 g/mol. The lowest BCUT2D eigenvalue weighted by Crippen LogP contribution is -2.22.